The number of benzene rings is 1. The van der Waals surface area contributed by atoms with Gasteiger partial charge in [0.1, 0.15) is 5.76 Å². The first-order valence-corrected chi connectivity index (χ1v) is 11.9. The fourth-order valence-corrected chi connectivity index (χ4v) is 4.41. The SMILES string of the molecule is CCC(C)(C)n1nnnc1C(C(C)C)N(Cc1ccco1)Cc1cc2cc(C)ccc2[nH]c1=O. The summed E-state index contributed by atoms with van der Waals surface area (Å²) in [7, 11) is 0. The molecule has 0 aliphatic heterocycles. The van der Waals surface area contributed by atoms with Gasteiger partial charge in [-0.1, -0.05) is 32.4 Å². The van der Waals surface area contributed by atoms with Crippen molar-refractivity contribution < 1.29 is 4.42 Å². The Morgan fingerprint density at radius 1 is 1.18 bits per heavy atom. The van der Waals surface area contributed by atoms with Gasteiger partial charge in [-0.25, -0.2) is 4.68 Å². The Bertz CT molecular complexity index is 1300. The lowest BCUT2D eigenvalue weighted by Gasteiger charge is -2.35. The molecule has 1 aromatic carbocycles. The van der Waals surface area contributed by atoms with Crippen molar-refractivity contribution in [2.75, 3.05) is 0 Å². The van der Waals surface area contributed by atoms with E-state index >= 15 is 0 Å². The molecule has 8 heteroatoms. The Morgan fingerprint density at radius 3 is 2.65 bits per heavy atom. The van der Waals surface area contributed by atoms with Crippen LogP contribution in [0.25, 0.3) is 10.9 Å². The zero-order chi connectivity index (χ0) is 24.5. The summed E-state index contributed by atoms with van der Waals surface area (Å²) in [5.74, 6) is 1.81. The first-order valence-electron chi connectivity index (χ1n) is 11.9. The van der Waals surface area contributed by atoms with Crippen molar-refractivity contribution >= 4 is 10.9 Å². The highest BCUT2D eigenvalue weighted by atomic mass is 16.3. The number of rotatable bonds is 9. The van der Waals surface area contributed by atoms with Crippen LogP contribution in [0, 0.1) is 12.8 Å². The largest absolute Gasteiger partial charge is 0.468 e. The Balaban J connectivity index is 1.80. The number of H-pyrrole nitrogens is 1. The molecular formula is C26H34N6O2. The van der Waals surface area contributed by atoms with E-state index in [4.69, 9.17) is 4.42 Å². The van der Waals surface area contributed by atoms with Gasteiger partial charge in [0.2, 0.25) is 0 Å². The molecule has 0 amide bonds. The van der Waals surface area contributed by atoms with Gasteiger partial charge in [0.05, 0.1) is 24.4 Å². The molecule has 0 saturated heterocycles. The summed E-state index contributed by atoms with van der Waals surface area (Å²) in [6.45, 7) is 13.7. The quantitative estimate of drug-likeness (QED) is 0.378. The molecule has 0 spiro atoms. The Morgan fingerprint density at radius 2 is 1.97 bits per heavy atom. The van der Waals surface area contributed by atoms with Gasteiger partial charge in [-0.3, -0.25) is 9.69 Å². The molecule has 4 rings (SSSR count). The molecule has 0 aliphatic rings. The third-order valence-electron chi connectivity index (χ3n) is 6.61. The first kappa shape index (κ1) is 23.9. The van der Waals surface area contributed by atoms with E-state index in [9.17, 15) is 4.79 Å². The molecular weight excluding hydrogens is 428 g/mol. The van der Waals surface area contributed by atoms with E-state index < -0.39 is 0 Å². The van der Waals surface area contributed by atoms with Gasteiger partial charge >= 0.3 is 0 Å². The summed E-state index contributed by atoms with van der Waals surface area (Å²) in [6, 6.07) is 11.8. The zero-order valence-electron chi connectivity index (χ0n) is 20.9. The van der Waals surface area contributed by atoms with Crippen molar-refractivity contribution in [3.8, 4) is 0 Å². The maximum Gasteiger partial charge on any atom is 0.252 e. The number of hydrogen-bond acceptors (Lipinski definition) is 6. The lowest BCUT2D eigenvalue weighted by Crippen LogP contribution is -2.38. The number of aromatic amines is 1. The first-order chi connectivity index (χ1) is 16.2. The van der Waals surface area contributed by atoms with Gasteiger partial charge in [-0.05, 0) is 79.3 Å². The van der Waals surface area contributed by atoms with Crippen LogP contribution in [0.3, 0.4) is 0 Å². The summed E-state index contributed by atoms with van der Waals surface area (Å²) in [5, 5.41) is 13.9. The van der Waals surface area contributed by atoms with E-state index in [-0.39, 0.29) is 23.1 Å². The van der Waals surface area contributed by atoms with E-state index in [0.29, 0.717) is 18.7 Å². The number of aromatic nitrogens is 5. The predicted octanol–water partition coefficient (Wildman–Crippen LogP) is 4.96. The van der Waals surface area contributed by atoms with Crippen molar-refractivity contribution in [2.45, 2.75) is 72.6 Å². The van der Waals surface area contributed by atoms with Gasteiger partial charge in [0, 0.05) is 17.6 Å². The standard InChI is InChI=1S/C26H34N6O2/c1-7-26(5,6)32-24(28-29-30-32)23(17(2)3)31(16-21-9-8-12-34-21)15-20-14-19-13-18(4)10-11-22(19)27-25(20)33/h8-14,17,23H,7,15-16H2,1-6H3,(H,27,33). The average molecular weight is 463 g/mol. The fraction of sp³-hybridized carbons (Fsp3) is 0.462. The molecule has 4 aromatic rings. The highest BCUT2D eigenvalue weighted by Gasteiger charge is 2.34. The maximum absolute atomic E-state index is 13.1. The lowest BCUT2D eigenvalue weighted by molar-refractivity contribution is 0.109. The van der Waals surface area contributed by atoms with Crippen LogP contribution in [0.2, 0.25) is 0 Å². The van der Waals surface area contributed by atoms with Crippen molar-refractivity contribution in [3.63, 3.8) is 0 Å². The van der Waals surface area contributed by atoms with E-state index in [0.717, 1.165) is 34.5 Å². The minimum absolute atomic E-state index is 0.0863. The van der Waals surface area contributed by atoms with E-state index in [1.54, 1.807) is 6.26 Å². The van der Waals surface area contributed by atoms with Crippen LogP contribution in [0.1, 0.15) is 69.8 Å². The molecule has 3 aromatic heterocycles. The summed E-state index contributed by atoms with van der Waals surface area (Å²) >= 11 is 0. The van der Waals surface area contributed by atoms with Crippen molar-refractivity contribution in [3.05, 3.63) is 75.7 Å². The smallest absolute Gasteiger partial charge is 0.252 e. The van der Waals surface area contributed by atoms with Gasteiger partial charge < -0.3 is 9.40 Å². The number of aryl methyl sites for hydroxylation is 1. The van der Waals surface area contributed by atoms with Crippen LogP contribution in [0.5, 0.6) is 0 Å². The van der Waals surface area contributed by atoms with Crippen LogP contribution in [-0.4, -0.2) is 30.1 Å². The monoisotopic (exact) mass is 462 g/mol. The van der Waals surface area contributed by atoms with E-state index in [2.05, 4.69) is 73.0 Å². The number of hydrogen-bond donors (Lipinski definition) is 1. The number of pyridine rings is 1. The van der Waals surface area contributed by atoms with Crippen LogP contribution < -0.4 is 5.56 Å². The summed E-state index contributed by atoms with van der Waals surface area (Å²) in [6.07, 6.45) is 2.56. The molecule has 0 radical (unpaired) electrons. The van der Waals surface area contributed by atoms with Gasteiger partial charge in [-0.15, -0.1) is 5.10 Å². The Labute approximate surface area is 200 Å². The van der Waals surface area contributed by atoms with Gasteiger partial charge in [-0.2, -0.15) is 0 Å². The second-order valence-electron chi connectivity index (χ2n) is 10.0. The normalized spacial score (nSPS) is 13.3. The molecule has 3 heterocycles. The van der Waals surface area contributed by atoms with E-state index in [1.807, 2.05) is 35.0 Å². The van der Waals surface area contributed by atoms with Crippen molar-refractivity contribution in [1.29, 1.82) is 0 Å². The summed E-state index contributed by atoms with van der Waals surface area (Å²) in [4.78, 5) is 18.3. The fourth-order valence-electron chi connectivity index (χ4n) is 4.41. The predicted molar refractivity (Wildman–Crippen MR) is 132 cm³/mol. The lowest BCUT2D eigenvalue weighted by atomic mass is 9.97. The molecule has 1 unspecified atom stereocenters. The molecule has 180 valence electrons. The molecule has 0 aliphatic carbocycles. The zero-order valence-corrected chi connectivity index (χ0v) is 20.9. The second kappa shape index (κ2) is 9.54. The topological polar surface area (TPSA) is 92.8 Å². The number of fused-ring (bicyclic) bond motifs is 1. The third-order valence-corrected chi connectivity index (χ3v) is 6.61. The van der Waals surface area contributed by atoms with Gasteiger partial charge in [0.15, 0.2) is 5.82 Å². The molecule has 0 fully saturated rings. The Hall–Kier alpha value is -3.26. The van der Waals surface area contributed by atoms with Crippen LogP contribution in [0.15, 0.2) is 51.9 Å². The molecule has 34 heavy (non-hydrogen) atoms. The van der Waals surface area contributed by atoms with Gasteiger partial charge in [0.25, 0.3) is 5.56 Å². The summed E-state index contributed by atoms with van der Waals surface area (Å²) in [5.41, 5.74) is 2.37. The summed E-state index contributed by atoms with van der Waals surface area (Å²) < 4.78 is 7.63. The highest BCUT2D eigenvalue weighted by molar-refractivity contribution is 5.79. The van der Waals surface area contributed by atoms with Crippen LogP contribution in [-0.2, 0) is 18.6 Å². The van der Waals surface area contributed by atoms with Crippen LogP contribution >= 0.6 is 0 Å². The van der Waals surface area contributed by atoms with E-state index in [1.165, 1.54) is 0 Å². The molecule has 1 N–H and O–H groups in total. The molecule has 1 atom stereocenters. The van der Waals surface area contributed by atoms with Crippen LogP contribution in [0.4, 0.5) is 0 Å². The van der Waals surface area contributed by atoms with Crippen molar-refractivity contribution in [2.24, 2.45) is 5.92 Å². The minimum Gasteiger partial charge on any atom is -0.468 e. The second-order valence-corrected chi connectivity index (χ2v) is 10.0. The van der Waals surface area contributed by atoms with Crippen molar-refractivity contribution in [1.82, 2.24) is 30.1 Å². The molecule has 0 bridgehead atoms. The molecule has 0 saturated carbocycles. The maximum atomic E-state index is 13.1. The Kier molecular flexibility index (Phi) is 6.70. The third kappa shape index (κ3) is 4.82. The minimum atomic E-state index is -0.236. The number of nitrogens with one attached hydrogen (secondary N) is 1. The molecule has 8 nitrogen and oxygen atoms in total. The number of furan rings is 1. The highest BCUT2D eigenvalue weighted by Crippen LogP contribution is 2.33. The number of tetrazole rings is 1. The number of nitrogens with zero attached hydrogens (tertiary/aromatic N) is 5. The average Bonchev–Trinajstić information content (AvgIpc) is 3.47.